The largest absolute Gasteiger partial charge is 0.383 e. The number of hydrogen-bond donors (Lipinski definition) is 2. The van der Waals surface area contributed by atoms with Crippen LogP contribution in [0.1, 0.15) is 37.8 Å². The van der Waals surface area contributed by atoms with Crippen LogP contribution in [0, 0.1) is 0 Å². The van der Waals surface area contributed by atoms with Gasteiger partial charge in [-0.25, -0.2) is 0 Å². The molecule has 0 aliphatic carbocycles. The van der Waals surface area contributed by atoms with Crippen molar-refractivity contribution in [3.05, 3.63) is 29.3 Å². The smallest absolute Gasteiger partial charge is 0.0419 e. The third-order valence-electron chi connectivity index (χ3n) is 3.97. The van der Waals surface area contributed by atoms with Gasteiger partial charge in [0, 0.05) is 24.8 Å². The molecule has 1 heterocycles. The van der Waals surface area contributed by atoms with Crippen molar-refractivity contribution >= 4 is 5.69 Å². The maximum Gasteiger partial charge on any atom is 0.0419 e. The van der Waals surface area contributed by atoms with Crippen molar-refractivity contribution in [2.45, 2.75) is 45.7 Å². The number of fused-ring (bicyclic) bond motifs is 1. The molecular formula is C16H27N3. The molecule has 0 aromatic heterocycles. The topological polar surface area (TPSA) is 41.3 Å². The fraction of sp³-hybridized carbons (Fsp3) is 0.625. The second-order valence-corrected chi connectivity index (χ2v) is 5.43. The van der Waals surface area contributed by atoms with Gasteiger partial charge in [-0.3, -0.25) is 4.90 Å². The molecular weight excluding hydrogens is 234 g/mol. The predicted molar refractivity (Wildman–Crippen MR) is 82.5 cm³/mol. The molecule has 0 radical (unpaired) electrons. The molecule has 3 N–H and O–H groups in total. The molecule has 1 aliphatic heterocycles. The highest BCUT2D eigenvalue weighted by Gasteiger charge is 2.24. The summed E-state index contributed by atoms with van der Waals surface area (Å²) in [4.78, 5) is 2.63. The summed E-state index contributed by atoms with van der Waals surface area (Å²) in [5.74, 6) is 0. The summed E-state index contributed by atoms with van der Waals surface area (Å²) in [7, 11) is 0. The first kappa shape index (κ1) is 14.4. The average molecular weight is 261 g/mol. The summed E-state index contributed by atoms with van der Waals surface area (Å²) in [5.41, 5.74) is 9.77. The lowest BCUT2D eigenvalue weighted by molar-refractivity contribution is 0.200. The van der Waals surface area contributed by atoms with Gasteiger partial charge in [-0.1, -0.05) is 32.0 Å². The van der Waals surface area contributed by atoms with Crippen molar-refractivity contribution in [3.8, 4) is 0 Å². The molecule has 1 atom stereocenters. The van der Waals surface area contributed by atoms with Gasteiger partial charge in [0.05, 0.1) is 0 Å². The van der Waals surface area contributed by atoms with Gasteiger partial charge in [0.25, 0.3) is 0 Å². The molecule has 2 rings (SSSR count). The van der Waals surface area contributed by atoms with Gasteiger partial charge in [0.15, 0.2) is 0 Å². The molecule has 0 fully saturated rings. The summed E-state index contributed by atoms with van der Waals surface area (Å²) in [6, 6.07) is 7.13. The fourth-order valence-electron chi connectivity index (χ4n) is 3.08. The molecule has 0 spiro atoms. The second-order valence-electron chi connectivity index (χ2n) is 5.43. The maximum absolute atomic E-state index is 5.81. The first-order valence-corrected chi connectivity index (χ1v) is 7.58. The summed E-state index contributed by atoms with van der Waals surface area (Å²) >= 11 is 0. The molecule has 0 amide bonds. The first-order chi connectivity index (χ1) is 9.30. The Balaban J connectivity index is 2.12. The van der Waals surface area contributed by atoms with Crippen LogP contribution in [0.2, 0.25) is 0 Å². The van der Waals surface area contributed by atoms with E-state index in [1.165, 1.54) is 42.7 Å². The van der Waals surface area contributed by atoms with Crippen molar-refractivity contribution in [2.24, 2.45) is 5.73 Å². The number of nitrogens with one attached hydrogen (secondary N) is 1. The van der Waals surface area contributed by atoms with Crippen LogP contribution in [0.15, 0.2) is 18.2 Å². The third kappa shape index (κ3) is 3.28. The Labute approximate surface area is 117 Å². The molecule has 1 unspecified atom stereocenters. The summed E-state index contributed by atoms with van der Waals surface area (Å²) in [6.45, 7) is 8.59. The molecule has 1 aromatic rings. The Kier molecular flexibility index (Phi) is 5.23. The number of benzene rings is 1. The molecule has 3 heteroatoms. The SMILES string of the molecule is CCCN(CCC)C1CNc2c(CN)cccc2C1. The number of nitrogens with two attached hydrogens (primary N) is 1. The van der Waals surface area contributed by atoms with E-state index in [1.54, 1.807) is 0 Å². The van der Waals surface area contributed by atoms with Crippen LogP contribution in [0.4, 0.5) is 5.69 Å². The van der Waals surface area contributed by atoms with Crippen LogP contribution >= 0.6 is 0 Å². The van der Waals surface area contributed by atoms with Crippen molar-refractivity contribution in [1.29, 1.82) is 0 Å². The van der Waals surface area contributed by atoms with E-state index in [1.807, 2.05) is 0 Å². The van der Waals surface area contributed by atoms with Crippen LogP contribution in [-0.4, -0.2) is 30.6 Å². The summed E-state index contributed by atoms with van der Waals surface area (Å²) in [5, 5.41) is 3.61. The number of para-hydroxylation sites is 1. The zero-order chi connectivity index (χ0) is 13.7. The van der Waals surface area contributed by atoms with Crippen LogP contribution < -0.4 is 11.1 Å². The van der Waals surface area contributed by atoms with E-state index < -0.39 is 0 Å². The molecule has 1 aromatic carbocycles. The molecule has 1 aliphatic rings. The summed E-state index contributed by atoms with van der Waals surface area (Å²) < 4.78 is 0. The van der Waals surface area contributed by atoms with Crippen LogP contribution in [0.3, 0.4) is 0 Å². The van der Waals surface area contributed by atoms with E-state index in [0.717, 1.165) is 13.0 Å². The quantitative estimate of drug-likeness (QED) is 0.827. The van der Waals surface area contributed by atoms with E-state index in [-0.39, 0.29) is 0 Å². The van der Waals surface area contributed by atoms with E-state index in [0.29, 0.717) is 12.6 Å². The van der Waals surface area contributed by atoms with Gasteiger partial charge in [0.1, 0.15) is 0 Å². The Morgan fingerprint density at radius 2 is 2.00 bits per heavy atom. The molecule has 3 nitrogen and oxygen atoms in total. The minimum atomic E-state index is 0.620. The Morgan fingerprint density at radius 3 is 2.63 bits per heavy atom. The molecule has 0 bridgehead atoms. The average Bonchev–Trinajstić information content (AvgIpc) is 2.45. The highest BCUT2D eigenvalue weighted by Crippen LogP contribution is 2.27. The van der Waals surface area contributed by atoms with Crippen molar-refractivity contribution in [3.63, 3.8) is 0 Å². The molecule has 19 heavy (non-hydrogen) atoms. The fourth-order valence-corrected chi connectivity index (χ4v) is 3.08. The second kappa shape index (κ2) is 6.92. The molecule has 106 valence electrons. The van der Waals surface area contributed by atoms with E-state index in [9.17, 15) is 0 Å². The van der Waals surface area contributed by atoms with Crippen LogP contribution in [0.25, 0.3) is 0 Å². The maximum atomic E-state index is 5.81. The number of anilines is 1. The predicted octanol–water partition coefficient (Wildman–Crippen LogP) is 2.60. The third-order valence-corrected chi connectivity index (χ3v) is 3.97. The lowest BCUT2D eigenvalue weighted by atomic mass is 9.95. The Morgan fingerprint density at radius 1 is 1.26 bits per heavy atom. The van der Waals surface area contributed by atoms with Crippen LogP contribution in [0.5, 0.6) is 0 Å². The molecule has 0 saturated heterocycles. The number of rotatable bonds is 6. The highest BCUT2D eigenvalue weighted by atomic mass is 15.2. The molecule has 0 saturated carbocycles. The van der Waals surface area contributed by atoms with E-state index in [4.69, 9.17) is 5.73 Å². The van der Waals surface area contributed by atoms with Gasteiger partial charge < -0.3 is 11.1 Å². The summed E-state index contributed by atoms with van der Waals surface area (Å²) in [6.07, 6.45) is 3.61. The number of hydrogen-bond acceptors (Lipinski definition) is 3. The van der Waals surface area contributed by atoms with Gasteiger partial charge in [-0.15, -0.1) is 0 Å². The van der Waals surface area contributed by atoms with E-state index in [2.05, 4.69) is 42.3 Å². The van der Waals surface area contributed by atoms with Gasteiger partial charge in [0.2, 0.25) is 0 Å². The van der Waals surface area contributed by atoms with Crippen molar-refractivity contribution in [2.75, 3.05) is 25.0 Å². The monoisotopic (exact) mass is 261 g/mol. The van der Waals surface area contributed by atoms with Gasteiger partial charge in [-0.2, -0.15) is 0 Å². The van der Waals surface area contributed by atoms with Crippen LogP contribution in [-0.2, 0) is 13.0 Å². The zero-order valence-electron chi connectivity index (χ0n) is 12.3. The van der Waals surface area contributed by atoms with Crippen molar-refractivity contribution < 1.29 is 0 Å². The lowest BCUT2D eigenvalue weighted by Gasteiger charge is -2.36. The minimum absolute atomic E-state index is 0.620. The lowest BCUT2D eigenvalue weighted by Crippen LogP contribution is -2.45. The van der Waals surface area contributed by atoms with Gasteiger partial charge in [-0.05, 0) is 43.5 Å². The minimum Gasteiger partial charge on any atom is -0.383 e. The normalized spacial score (nSPS) is 18.2. The zero-order valence-corrected chi connectivity index (χ0v) is 12.3. The Bertz CT molecular complexity index is 397. The van der Waals surface area contributed by atoms with Crippen molar-refractivity contribution in [1.82, 2.24) is 4.90 Å². The Hall–Kier alpha value is -1.06. The van der Waals surface area contributed by atoms with E-state index >= 15 is 0 Å². The van der Waals surface area contributed by atoms with Gasteiger partial charge >= 0.3 is 0 Å². The number of nitrogens with zero attached hydrogens (tertiary/aromatic N) is 1. The first-order valence-electron chi connectivity index (χ1n) is 7.58. The standard InChI is InChI=1S/C16H27N3/c1-3-8-19(9-4-2)15-10-13-6-5-7-14(11-17)16(13)18-12-15/h5-7,15,18H,3-4,8-12,17H2,1-2H3. The highest BCUT2D eigenvalue weighted by molar-refractivity contribution is 5.59.